The highest BCUT2D eigenvalue weighted by molar-refractivity contribution is 5.84. The zero-order valence-electron chi connectivity index (χ0n) is 12.2. The second kappa shape index (κ2) is 8.29. The minimum Gasteiger partial charge on any atom is -0.494 e. The largest absolute Gasteiger partial charge is 0.494 e. The van der Waals surface area contributed by atoms with Crippen LogP contribution in [0.2, 0.25) is 0 Å². The van der Waals surface area contributed by atoms with Crippen molar-refractivity contribution in [2.45, 2.75) is 25.7 Å². The van der Waals surface area contributed by atoms with Crippen LogP contribution in [0.15, 0.2) is 30.3 Å². The van der Waals surface area contributed by atoms with Crippen LogP contribution in [0.3, 0.4) is 0 Å². The van der Waals surface area contributed by atoms with Gasteiger partial charge in [-0.05, 0) is 31.4 Å². The molecular weight excluding hydrogens is 268 g/mol. The number of hydrogen-bond acceptors (Lipinski definition) is 3. The maximum absolute atomic E-state index is 11.8. The van der Waals surface area contributed by atoms with Gasteiger partial charge in [-0.15, -0.1) is 0 Å². The van der Waals surface area contributed by atoms with E-state index in [1.165, 1.54) is 0 Å². The average Bonchev–Trinajstić information content (AvgIpc) is 3.05. The first-order valence-electron chi connectivity index (χ1n) is 7.48. The zero-order valence-corrected chi connectivity index (χ0v) is 12.2. The van der Waals surface area contributed by atoms with Crippen LogP contribution in [0.5, 0.6) is 5.75 Å². The van der Waals surface area contributed by atoms with E-state index in [1.54, 1.807) is 4.90 Å². The monoisotopic (exact) mass is 290 g/mol. The number of benzene rings is 1. The van der Waals surface area contributed by atoms with E-state index < -0.39 is 0 Å². The third-order valence-corrected chi connectivity index (χ3v) is 3.46. The molecule has 0 atom stereocenters. The summed E-state index contributed by atoms with van der Waals surface area (Å²) in [4.78, 5) is 25.2. The first-order valence-corrected chi connectivity index (χ1v) is 7.48. The van der Waals surface area contributed by atoms with Crippen LogP contribution in [0.25, 0.3) is 0 Å². The zero-order chi connectivity index (χ0) is 14.9. The molecule has 1 aliphatic heterocycles. The first kappa shape index (κ1) is 15.4. The summed E-state index contributed by atoms with van der Waals surface area (Å²) in [6.45, 7) is 2.25. The minimum atomic E-state index is -0.0980. The standard InChI is InChI=1S/C16H22N2O3/c19-15(17-13-16(20)18-10-4-5-11-18)9-6-12-21-14-7-2-1-3-8-14/h1-3,7-8H,4-6,9-13H2,(H,17,19). The number of hydrogen-bond donors (Lipinski definition) is 1. The van der Waals surface area contributed by atoms with Gasteiger partial charge in [-0.1, -0.05) is 18.2 Å². The van der Waals surface area contributed by atoms with E-state index in [4.69, 9.17) is 4.74 Å². The highest BCUT2D eigenvalue weighted by Gasteiger charge is 2.17. The summed E-state index contributed by atoms with van der Waals surface area (Å²) in [7, 11) is 0. The molecule has 1 heterocycles. The van der Waals surface area contributed by atoms with Crippen molar-refractivity contribution in [3.8, 4) is 5.75 Å². The maximum atomic E-state index is 11.8. The lowest BCUT2D eigenvalue weighted by Crippen LogP contribution is -2.38. The molecule has 1 aromatic rings. The van der Waals surface area contributed by atoms with Crippen molar-refractivity contribution >= 4 is 11.8 Å². The lowest BCUT2D eigenvalue weighted by atomic mass is 10.3. The fourth-order valence-corrected chi connectivity index (χ4v) is 2.28. The van der Waals surface area contributed by atoms with E-state index in [-0.39, 0.29) is 18.4 Å². The van der Waals surface area contributed by atoms with Crippen LogP contribution in [0.1, 0.15) is 25.7 Å². The Bertz CT molecular complexity index is 456. The second-order valence-corrected chi connectivity index (χ2v) is 5.13. The van der Waals surface area contributed by atoms with Gasteiger partial charge in [0.05, 0.1) is 13.2 Å². The molecule has 1 aromatic carbocycles. The summed E-state index contributed by atoms with van der Waals surface area (Å²) >= 11 is 0. The van der Waals surface area contributed by atoms with Gasteiger partial charge in [-0.2, -0.15) is 0 Å². The molecule has 0 bridgehead atoms. The van der Waals surface area contributed by atoms with Gasteiger partial charge in [-0.3, -0.25) is 9.59 Å². The van der Waals surface area contributed by atoms with Crippen molar-refractivity contribution in [2.24, 2.45) is 0 Å². The summed E-state index contributed by atoms with van der Waals surface area (Å²) in [6.07, 6.45) is 3.14. The number of carbonyl (C=O) groups excluding carboxylic acids is 2. The Morgan fingerprint density at radius 1 is 1.14 bits per heavy atom. The lowest BCUT2D eigenvalue weighted by molar-refractivity contribution is -0.132. The molecule has 114 valence electrons. The van der Waals surface area contributed by atoms with Crippen LogP contribution in [-0.2, 0) is 9.59 Å². The lowest BCUT2D eigenvalue weighted by Gasteiger charge is -2.15. The number of rotatable bonds is 7. The molecule has 1 aliphatic rings. The molecule has 1 N–H and O–H groups in total. The Hall–Kier alpha value is -2.04. The highest BCUT2D eigenvalue weighted by atomic mass is 16.5. The van der Waals surface area contributed by atoms with Gasteiger partial charge in [-0.25, -0.2) is 0 Å². The molecule has 0 aromatic heterocycles. The van der Waals surface area contributed by atoms with Crippen molar-refractivity contribution in [2.75, 3.05) is 26.2 Å². The number of likely N-dealkylation sites (tertiary alicyclic amines) is 1. The third-order valence-electron chi connectivity index (χ3n) is 3.46. The van der Waals surface area contributed by atoms with Crippen molar-refractivity contribution in [1.82, 2.24) is 10.2 Å². The second-order valence-electron chi connectivity index (χ2n) is 5.13. The smallest absolute Gasteiger partial charge is 0.241 e. The number of nitrogens with zero attached hydrogens (tertiary/aromatic N) is 1. The van der Waals surface area contributed by atoms with Gasteiger partial charge >= 0.3 is 0 Å². The maximum Gasteiger partial charge on any atom is 0.241 e. The molecule has 5 heteroatoms. The van der Waals surface area contributed by atoms with Crippen molar-refractivity contribution in [3.05, 3.63) is 30.3 Å². The molecule has 1 fully saturated rings. The molecule has 1 saturated heterocycles. The SMILES string of the molecule is O=C(CCCOc1ccccc1)NCC(=O)N1CCCC1. The molecule has 0 radical (unpaired) electrons. The van der Waals surface area contributed by atoms with E-state index >= 15 is 0 Å². The van der Waals surface area contributed by atoms with Crippen LogP contribution in [0.4, 0.5) is 0 Å². The van der Waals surface area contributed by atoms with Gasteiger partial charge in [0.25, 0.3) is 0 Å². The Kier molecular flexibility index (Phi) is 6.06. The van der Waals surface area contributed by atoms with E-state index in [9.17, 15) is 9.59 Å². The predicted octanol–water partition coefficient (Wildman–Crippen LogP) is 1.58. The molecule has 0 unspecified atom stereocenters. The van der Waals surface area contributed by atoms with E-state index in [2.05, 4.69) is 5.32 Å². The Labute approximate surface area is 125 Å². The van der Waals surface area contributed by atoms with Crippen molar-refractivity contribution < 1.29 is 14.3 Å². The van der Waals surface area contributed by atoms with E-state index in [1.807, 2.05) is 30.3 Å². The van der Waals surface area contributed by atoms with Gasteiger partial charge in [0.2, 0.25) is 11.8 Å². The topological polar surface area (TPSA) is 58.6 Å². The van der Waals surface area contributed by atoms with Crippen LogP contribution < -0.4 is 10.1 Å². The fourth-order valence-electron chi connectivity index (χ4n) is 2.28. The van der Waals surface area contributed by atoms with Crippen molar-refractivity contribution in [1.29, 1.82) is 0 Å². The molecule has 2 amide bonds. The summed E-state index contributed by atoms with van der Waals surface area (Å²) in [6, 6.07) is 9.51. The quantitative estimate of drug-likeness (QED) is 0.776. The first-order chi connectivity index (χ1) is 10.3. The molecule has 0 saturated carbocycles. The predicted molar refractivity (Wildman–Crippen MR) is 80.0 cm³/mol. The number of para-hydroxylation sites is 1. The molecule has 0 aliphatic carbocycles. The minimum absolute atomic E-state index is 0.0152. The number of amides is 2. The normalized spacial score (nSPS) is 14.0. The Balaban J connectivity index is 1.54. The Morgan fingerprint density at radius 2 is 1.86 bits per heavy atom. The highest BCUT2D eigenvalue weighted by Crippen LogP contribution is 2.09. The van der Waals surface area contributed by atoms with Gasteiger partial charge in [0.1, 0.15) is 5.75 Å². The molecule has 21 heavy (non-hydrogen) atoms. The third kappa shape index (κ3) is 5.45. The fraction of sp³-hybridized carbons (Fsp3) is 0.500. The summed E-state index contributed by atoms with van der Waals surface area (Å²) in [5.41, 5.74) is 0. The van der Waals surface area contributed by atoms with Crippen molar-refractivity contribution in [3.63, 3.8) is 0 Å². The van der Waals surface area contributed by atoms with Crippen LogP contribution in [-0.4, -0.2) is 43.0 Å². The summed E-state index contributed by atoms with van der Waals surface area (Å²) < 4.78 is 5.51. The molecule has 5 nitrogen and oxygen atoms in total. The summed E-state index contributed by atoms with van der Waals surface area (Å²) in [5, 5.41) is 2.67. The Morgan fingerprint density at radius 3 is 2.57 bits per heavy atom. The van der Waals surface area contributed by atoms with Crippen LogP contribution in [0, 0.1) is 0 Å². The van der Waals surface area contributed by atoms with Gasteiger partial charge in [0.15, 0.2) is 0 Å². The summed E-state index contributed by atoms with van der Waals surface area (Å²) in [5.74, 6) is 0.725. The number of nitrogens with one attached hydrogen (secondary N) is 1. The molecular formula is C16H22N2O3. The van der Waals surface area contributed by atoms with Gasteiger partial charge in [0, 0.05) is 19.5 Å². The average molecular weight is 290 g/mol. The molecule has 0 spiro atoms. The van der Waals surface area contributed by atoms with E-state index in [0.717, 1.165) is 31.7 Å². The number of carbonyl (C=O) groups is 2. The van der Waals surface area contributed by atoms with Crippen LogP contribution >= 0.6 is 0 Å². The molecule has 2 rings (SSSR count). The van der Waals surface area contributed by atoms with Gasteiger partial charge < -0.3 is 15.0 Å². The van der Waals surface area contributed by atoms with E-state index in [0.29, 0.717) is 19.4 Å². The number of ether oxygens (including phenoxy) is 1.